The maximum absolute atomic E-state index is 12.9. The number of unbranched alkanes of at least 4 members (excludes halogenated alkanes) is 1. The molecule has 0 saturated carbocycles. The second-order valence-corrected chi connectivity index (χ2v) is 10.8. The van der Waals surface area contributed by atoms with Crippen molar-refractivity contribution in [3.8, 4) is 0 Å². The van der Waals surface area contributed by atoms with E-state index in [9.17, 15) is 28.8 Å². The number of imide groups is 1. The highest BCUT2D eigenvalue weighted by Crippen LogP contribution is 2.23. The minimum atomic E-state index is -0.982. The van der Waals surface area contributed by atoms with Gasteiger partial charge in [0.25, 0.3) is 11.8 Å². The molecule has 1 aromatic carbocycles. The molecule has 1 heterocycles. The Balaban J connectivity index is 1.90. The summed E-state index contributed by atoms with van der Waals surface area (Å²) >= 11 is 1.88. The molecule has 0 bridgehead atoms. The lowest BCUT2D eigenvalue weighted by atomic mass is 10.1. The van der Waals surface area contributed by atoms with E-state index in [-0.39, 0.29) is 35.1 Å². The topological polar surface area (TPSA) is 151 Å². The Morgan fingerprint density at radius 3 is 1.97 bits per heavy atom. The van der Waals surface area contributed by atoms with Crippen molar-refractivity contribution in [1.82, 2.24) is 20.9 Å². The van der Waals surface area contributed by atoms with Gasteiger partial charge >= 0.3 is 5.97 Å². The van der Waals surface area contributed by atoms with Gasteiger partial charge in [-0.15, -0.1) is 0 Å². The van der Waals surface area contributed by atoms with Gasteiger partial charge in [-0.25, -0.2) is 4.79 Å². The number of benzene rings is 1. The largest absolute Gasteiger partial charge is 0.458 e. The number of nitrogens with zero attached hydrogens (tertiary/aromatic N) is 1. The van der Waals surface area contributed by atoms with Gasteiger partial charge in [0, 0.05) is 6.54 Å². The number of hydrogen-bond donors (Lipinski definition) is 3. The second-order valence-electron chi connectivity index (χ2n) is 10.1. The molecule has 0 aliphatic carbocycles. The van der Waals surface area contributed by atoms with Crippen molar-refractivity contribution in [2.75, 3.05) is 11.0 Å². The highest BCUT2D eigenvalue weighted by Gasteiger charge is 2.34. The van der Waals surface area contributed by atoms with Crippen LogP contribution in [0.5, 0.6) is 0 Å². The van der Waals surface area contributed by atoms with E-state index in [1.165, 1.54) is 18.7 Å². The number of ether oxygens (including phenoxy) is 1. The van der Waals surface area contributed by atoms with Crippen LogP contribution in [0.1, 0.15) is 74.6 Å². The monoisotopic (exact) mass is 642 g/mol. The van der Waals surface area contributed by atoms with Gasteiger partial charge in [0.2, 0.25) is 17.7 Å². The number of carbonyl (C=O) groups excluding carboxylic acids is 6. The quantitative estimate of drug-likeness (QED) is 0.103. The van der Waals surface area contributed by atoms with Crippen molar-refractivity contribution in [3.63, 3.8) is 0 Å². The van der Waals surface area contributed by atoms with Gasteiger partial charge in [0.1, 0.15) is 23.7 Å². The van der Waals surface area contributed by atoms with Crippen LogP contribution in [0.3, 0.4) is 0 Å². The molecule has 5 amide bonds. The van der Waals surface area contributed by atoms with Gasteiger partial charge in [0.05, 0.1) is 15.6 Å². The third-order valence-corrected chi connectivity index (χ3v) is 6.34. The summed E-state index contributed by atoms with van der Waals surface area (Å²) in [7, 11) is 0. The Morgan fingerprint density at radius 2 is 1.45 bits per heavy atom. The molecule has 0 fully saturated rings. The van der Waals surface area contributed by atoms with Gasteiger partial charge < -0.3 is 20.7 Å². The summed E-state index contributed by atoms with van der Waals surface area (Å²) in [6.07, 6.45) is 1.10. The summed E-state index contributed by atoms with van der Waals surface area (Å²) in [5.41, 5.74) is 0.0360. The first-order chi connectivity index (χ1) is 17.7. The van der Waals surface area contributed by atoms with Crippen molar-refractivity contribution in [2.45, 2.75) is 77.6 Å². The lowest BCUT2D eigenvalue weighted by Crippen LogP contribution is -2.54. The van der Waals surface area contributed by atoms with Crippen molar-refractivity contribution in [1.29, 1.82) is 0 Å². The molecular formula is C26H35IN4O7. The molecule has 2 rings (SSSR count). The predicted molar refractivity (Wildman–Crippen MR) is 148 cm³/mol. The van der Waals surface area contributed by atoms with Crippen molar-refractivity contribution in [3.05, 3.63) is 35.4 Å². The van der Waals surface area contributed by atoms with E-state index in [1.54, 1.807) is 45.0 Å². The Kier molecular flexibility index (Phi) is 11.2. The Hall–Kier alpha value is -3.03. The molecule has 0 radical (unpaired) electrons. The summed E-state index contributed by atoms with van der Waals surface area (Å²) in [5, 5.41) is 7.73. The lowest BCUT2D eigenvalue weighted by molar-refractivity contribution is -0.158. The van der Waals surface area contributed by atoms with Crippen molar-refractivity contribution < 1.29 is 33.5 Å². The average Bonchev–Trinajstić information content (AvgIpc) is 3.09. The number of amides is 5. The Labute approximate surface area is 235 Å². The van der Waals surface area contributed by atoms with Crippen LogP contribution >= 0.6 is 22.6 Å². The summed E-state index contributed by atoms with van der Waals surface area (Å²) in [5.74, 6) is -2.79. The molecule has 11 nitrogen and oxygen atoms in total. The van der Waals surface area contributed by atoms with Gasteiger partial charge in [0.15, 0.2) is 0 Å². The fourth-order valence-electron chi connectivity index (χ4n) is 3.73. The van der Waals surface area contributed by atoms with Gasteiger partial charge in [-0.1, -0.05) is 34.7 Å². The zero-order valence-corrected chi connectivity index (χ0v) is 24.4. The number of alkyl halides is 1. The van der Waals surface area contributed by atoms with E-state index < -0.39 is 41.5 Å². The Morgan fingerprint density at radius 1 is 0.895 bits per heavy atom. The molecule has 0 unspecified atom stereocenters. The standard InChI is InChI=1S/C26H35IN4O7/c1-15(21(33)29-16(2)25(37)38-26(3,4)5)28-22(34)19(30-20(32)14-27)12-8-9-13-31-23(35)17-10-6-7-11-18(17)24(31)36/h6-7,10-11,15-16,19H,8-9,12-14H2,1-5H3,(H,28,34)(H,29,33)(H,30,32)/t15-,16-,19+/m1/s1. The molecule has 1 aliphatic heterocycles. The van der Waals surface area contributed by atoms with E-state index in [2.05, 4.69) is 16.0 Å². The van der Waals surface area contributed by atoms with Gasteiger partial charge in [-0.2, -0.15) is 0 Å². The van der Waals surface area contributed by atoms with Gasteiger partial charge in [-0.3, -0.25) is 28.9 Å². The molecule has 3 atom stereocenters. The number of rotatable bonds is 12. The Bertz CT molecular complexity index is 1050. The van der Waals surface area contributed by atoms with E-state index in [4.69, 9.17) is 4.74 Å². The van der Waals surface area contributed by atoms with Crippen LogP contribution in [0.2, 0.25) is 0 Å². The molecule has 3 N–H and O–H groups in total. The number of esters is 1. The number of halogens is 1. The first kappa shape index (κ1) is 31.2. The fraction of sp³-hybridized carbons (Fsp3) is 0.538. The minimum Gasteiger partial charge on any atom is -0.458 e. The maximum atomic E-state index is 12.9. The van der Waals surface area contributed by atoms with Crippen LogP contribution < -0.4 is 16.0 Å². The van der Waals surface area contributed by atoms with Crippen LogP contribution in [-0.4, -0.2) is 75.1 Å². The number of nitrogens with one attached hydrogen (secondary N) is 3. The number of fused-ring (bicyclic) bond motifs is 1. The van der Waals surface area contributed by atoms with Gasteiger partial charge in [-0.05, 0) is 66.0 Å². The molecule has 38 heavy (non-hydrogen) atoms. The minimum absolute atomic E-state index is 0.139. The van der Waals surface area contributed by atoms with E-state index in [1.807, 2.05) is 22.6 Å². The predicted octanol–water partition coefficient (Wildman–Crippen LogP) is 1.72. The third kappa shape index (κ3) is 8.77. The summed E-state index contributed by atoms with van der Waals surface area (Å²) in [4.78, 5) is 75.8. The fourth-order valence-corrected chi connectivity index (χ4v) is 3.95. The smallest absolute Gasteiger partial charge is 0.328 e. The van der Waals surface area contributed by atoms with Crippen LogP contribution in [0.15, 0.2) is 24.3 Å². The van der Waals surface area contributed by atoms with Crippen LogP contribution in [0.4, 0.5) is 0 Å². The molecule has 208 valence electrons. The number of hydrogen-bond acceptors (Lipinski definition) is 7. The SMILES string of the molecule is C[C@@H](NC(=O)[C@H](CCCCN1C(=O)c2ccccc2C1=O)NC(=O)CI)C(=O)N[C@H](C)C(=O)OC(C)(C)C. The lowest BCUT2D eigenvalue weighted by Gasteiger charge is -2.24. The first-order valence-electron chi connectivity index (χ1n) is 12.4. The van der Waals surface area contributed by atoms with E-state index in [0.29, 0.717) is 24.0 Å². The highest BCUT2D eigenvalue weighted by atomic mass is 127. The molecule has 0 spiro atoms. The van der Waals surface area contributed by atoms with Crippen molar-refractivity contribution in [2.24, 2.45) is 0 Å². The summed E-state index contributed by atoms with van der Waals surface area (Å²) < 4.78 is 5.38. The summed E-state index contributed by atoms with van der Waals surface area (Å²) in [6, 6.07) is 3.81. The first-order valence-corrected chi connectivity index (χ1v) is 13.9. The molecule has 1 aromatic rings. The summed E-state index contributed by atoms with van der Waals surface area (Å²) in [6.45, 7) is 8.28. The molecule has 0 saturated heterocycles. The highest BCUT2D eigenvalue weighted by molar-refractivity contribution is 14.1. The third-order valence-electron chi connectivity index (χ3n) is 5.65. The molecule has 0 aromatic heterocycles. The molecule has 1 aliphatic rings. The molecular weight excluding hydrogens is 607 g/mol. The zero-order valence-electron chi connectivity index (χ0n) is 22.3. The van der Waals surface area contributed by atoms with E-state index in [0.717, 1.165) is 0 Å². The average molecular weight is 642 g/mol. The van der Waals surface area contributed by atoms with Crippen molar-refractivity contribution >= 4 is 58.1 Å². The zero-order chi connectivity index (χ0) is 28.6. The van der Waals surface area contributed by atoms with Crippen LogP contribution in [0, 0.1) is 0 Å². The van der Waals surface area contributed by atoms with Crippen LogP contribution in [-0.2, 0) is 23.9 Å². The molecule has 12 heteroatoms. The maximum Gasteiger partial charge on any atom is 0.328 e. The second kappa shape index (κ2) is 13.7. The normalized spacial score (nSPS) is 15.3. The number of carbonyl (C=O) groups is 6. The van der Waals surface area contributed by atoms with E-state index >= 15 is 0 Å². The van der Waals surface area contributed by atoms with Crippen LogP contribution in [0.25, 0.3) is 0 Å².